The Hall–Kier alpha value is -5.78. The molecule has 194 valence electrons. The Morgan fingerprint density at radius 3 is 1.76 bits per heavy atom. The molecule has 8 aromatic rings. The number of aromatic nitrogens is 1. The lowest BCUT2D eigenvalue weighted by atomic mass is 9.90. The van der Waals surface area contributed by atoms with E-state index in [1.807, 2.05) is 18.2 Å². The minimum absolute atomic E-state index is 0.639. The minimum Gasteiger partial charge on any atom is -0.247 e. The van der Waals surface area contributed by atoms with Gasteiger partial charge in [0.1, 0.15) is 0 Å². The van der Waals surface area contributed by atoms with Crippen LogP contribution in [-0.4, -0.2) is 4.98 Å². The highest BCUT2D eigenvalue weighted by Gasteiger charge is 2.16. The maximum absolute atomic E-state index is 9.71. The molecule has 1 aromatic heterocycles. The maximum Gasteiger partial charge on any atom is 0.0991 e. The van der Waals surface area contributed by atoms with Crippen LogP contribution in [0.4, 0.5) is 0 Å². The summed E-state index contributed by atoms with van der Waals surface area (Å²) in [6.07, 6.45) is 0. The Morgan fingerprint density at radius 2 is 1.02 bits per heavy atom. The average molecular weight is 533 g/mol. The van der Waals surface area contributed by atoms with E-state index in [4.69, 9.17) is 4.98 Å². The van der Waals surface area contributed by atoms with Gasteiger partial charge in [0, 0.05) is 16.3 Å². The van der Waals surface area contributed by atoms with Crippen LogP contribution in [0, 0.1) is 11.3 Å². The number of rotatable bonds is 3. The molecule has 0 amide bonds. The summed E-state index contributed by atoms with van der Waals surface area (Å²) in [6.45, 7) is 0. The first-order chi connectivity index (χ1) is 20.7. The molecule has 8 rings (SSSR count). The normalized spacial score (nSPS) is 11.3. The largest absolute Gasteiger partial charge is 0.247 e. The van der Waals surface area contributed by atoms with Gasteiger partial charge in [-0.2, -0.15) is 5.26 Å². The fourth-order valence-electron chi connectivity index (χ4n) is 6.14. The van der Waals surface area contributed by atoms with Crippen molar-refractivity contribution in [3.63, 3.8) is 0 Å². The molecule has 0 aliphatic heterocycles. The van der Waals surface area contributed by atoms with Gasteiger partial charge < -0.3 is 0 Å². The highest BCUT2D eigenvalue weighted by Crippen LogP contribution is 2.41. The fraction of sp³-hybridized carbons (Fsp3) is 0. The molecule has 2 nitrogen and oxygen atoms in total. The molecule has 2 heteroatoms. The molecule has 0 radical (unpaired) electrons. The van der Waals surface area contributed by atoms with Gasteiger partial charge in [-0.05, 0) is 85.6 Å². The molecule has 0 saturated carbocycles. The van der Waals surface area contributed by atoms with Crippen LogP contribution in [0.25, 0.3) is 76.7 Å². The minimum atomic E-state index is 0.639. The molecule has 1 heterocycles. The van der Waals surface area contributed by atoms with Crippen LogP contribution in [0.15, 0.2) is 146 Å². The summed E-state index contributed by atoms with van der Waals surface area (Å²) in [7, 11) is 0. The molecular formula is C40H24N2. The summed E-state index contributed by atoms with van der Waals surface area (Å²) in [4.78, 5) is 5.33. The Bertz CT molecular complexity index is 2380. The van der Waals surface area contributed by atoms with Gasteiger partial charge in [-0.3, -0.25) is 0 Å². The van der Waals surface area contributed by atoms with Crippen LogP contribution in [0.1, 0.15) is 5.56 Å². The standard InChI is InChI=1S/C40H24N2/c41-25-26-8-7-13-31(20-26)37-24-39(33-19-17-28-10-2-4-12-30(28)22-33)42-40-35-15-6-5-14-34(35)36(23-38(37)40)32-18-16-27-9-1-3-11-29(27)21-32/h1-24H. The molecule has 0 aliphatic rings. The molecule has 0 atom stereocenters. The smallest absolute Gasteiger partial charge is 0.0991 e. The Balaban J connectivity index is 1.47. The van der Waals surface area contributed by atoms with Crippen molar-refractivity contribution in [2.45, 2.75) is 0 Å². The Labute approximate surface area is 243 Å². The third-order valence-electron chi connectivity index (χ3n) is 8.23. The van der Waals surface area contributed by atoms with Crippen LogP contribution in [0.5, 0.6) is 0 Å². The molecule has 0 saturated heterocycles. The second-order valence-electron chi connectivity index (χ2n) is 10.7. The summed E-state index contributed by atoms with van der Waals surface area (Å²) in [5, 5.41) is 17.9. The highest BCUT2D eigenvalue weighted by molar-refractivity contribution is 6.16. The Kier molecular flexibility index (Phi) is 5.55. The first-order valence-electron chi connectivity index (χ1n) is 14.1. The van der Waals surface area contributed by atoms with Gasteiger partial charge in [0.25, 0.3) is 0 Å². The van der Waals surface area contributed by atoms with E-state index in [-0.39, 0.29) is 0 Å². The molecule has 0 aliphatic carbocycles. The van der Waals surface area contributed by atoms with E-state index < -0.39 is 0 Å². The van der Waals surface area contributed by atoms with Crippen molar-refractivity contribution in [2.75, 3.05) is 0 Å². The molecule has 0 N–H and O–H groups in total. The van der Waals surface area contributed by atoms with Gasteiger partial charge in [0.15, 0.2) is 0 Å². The lowest BCUT2D eigenvalue weighted by Gasteiger charge is -2.16. The second kappa shape index (κ2) is 9.70. The molecule has 0 bridgehead atoms. The van der Waals surface area contributed by atoms with Gasteiger partial charge in [-0.15, -0.1) is 0 Å². The van der Waals surface area contributed by atoms with E-state index >= 15 is 0 Å². The van der Waals surface area contributed by atoms with Crippen molar-refractivity contribution < 1.29 is 0 Å². The van der Waals surface area contributed by atoms with Crippen LogP contribution in [0.2, 0.25) is 0 Å². The topological polar surface area (TPSA) is 36.7 Å². The number of nitrogens with zero attached hydrogens (tertiary/aromatic N) is 2. The van der Waals surface area contributed by atoms with Crippen molar-refractivity contribution in [3.8, 4) is 39.6 Å². The van der Waals surface area contributed by atoms with Crippen LogP contribution < -0.4 is 0 Å². The van der Waals surface area contributed by atoms with E-state index in [2.05, 4.69) is 133 Å². The predicted octanol–water partition coefficient (Wildman–Crippen LogP) is 10.6. The van der Waals surface area contributed by atoms with Gasteiger partial charge in [0.05, 0.1) is 22.8 Å². The summed E-state index contributed by atoms with van der Waals surface area (Å²) < 4.78 is 0. The first-order valence-corrected chi connectivity index (χ1v) is 14.1. The Morgan fingerprint density at radius 1 is 0.429 bits per heavy atom. The summed E-state index contributed by atoms with van der Waals surface area (Å²) >= 11 is 0. The van der Waals surface area contributed by atoms with Gasteiger partial charge in [0.2, 0.25) is 0 Å². The van der Waals surface area contributed by atoms with E-state index in [1.54, 1.807) is 0 Å². The molecule has 0 spiro atoms. The SMILES string of the molecule is N#Cc1cccc(-c2cc(-c3ccc4ccccc4c3)nc3c2cc(-c2ccc4ccccc4c2)c2ccccc23)c1. The van der Waals surface area contributed by atoms with Gasteiger partial charge >= 0.3 is 0 Å². The monoisotopic (exact) mass is 532 g/mol. The van der Waals surface area contributed by atoms with E-state index in [0.29, 0.717) is 5.56 Å². The van der Waals surface area contributed by atoms with Crippen molar-refractivity contribution in [1.82, 2.24) is 4.98 Å². The first kappa shape index (κ1) is 24.1. The van der Waals surface area contributed by atoms with Gasteiger partial charge in [-0.1, -0.05) is 109 Å². The number of pyridine rings is 1. The zero-order valence-electron chi connectivity index (χ0n) is 22.8. The number of fused-ring (bicyclic) bond motifs is 5. The molecule has 0 unspecified atom stereocenters. The summed E-state index contributed by atoms with van der Waals surface area (Å²) in [6, 6.07) is 53.3. The number of hydrogen-bond acceptors (Lipinski definition) is 2. The van der Waals surface area contributed by atoms with Gasteiger partial charge in [-0.25, -0.2) is 4.98 Å². The zero-order valence-corrected chi connectivity index (χ0v) is 22.8. The summed E-state index contributed by atoms with van der Waals surface area (Å²) in [5.74, 6) is 0. The average Bonchev–Trinajstić information content (AvgIpc) is 3.07. The molecular weight excluding hydrogens is 508 g/mol. The van der Waals surface area contributed by atoms with Crippen molar-refractivity contribution in [2.24, 2.45) is 0 Å². The molecule has 7 aromatic carbocycles. The molecule has 42 heavy (non-hydrogen) atoms. The van der Waals surface area contributed by atoms with Crippen molar-refractivity contribution >= 4 is 43.2 Å². The maximum atomic E-state index is 9.71. The van der Waals surface area contributed by atoms with E-state index in [0.717, 1.165) is 38.7 Å². The molecule has 0 fully saturated rings. The predicted molar refractivity (Wildman–Crippen MR) is 175 cm³/mol. The van der Waals surface area contributed by atoms with E-state index in [1.165, 1.54) is 38.1 Å². The van der Waals surface area contributed by atoms with Crippen LogP contribution in [-0.2, 0) is 0 Å². The number of hydrogen-bond donors (Lipinski definition) is 0. The third kappa shape index (κ3) is 4.00. The summed E-state index contributed by atoms with van der Waals surface area (Å²) in [5.41, 5.74) is 7.98. The van der Waals surface area contributed by atoms with E-state index in [9.17, 15) is 5.26 Å². The number of nitriles is 1. The zero-order chi connectivity index (χ0) is 28.0. The quantitative estimate of drug-likeness (QED) is 0.212. The highest BCUT2D eigenvalue weighted by atomic mass is 14.7. The van der Waals surface area contributed by atoms with Crippen molar-refractivity contribution in [1.29, 1.82) is 5.26 Å². The lowest BCUT2D eigenvalue weighted by Crippen LogP contribution is -1.94. The number of benzene rings is 7. The van der Waals surface area contributed by atoms with Crippen LogP contribution in [0.3, 0.4) is 0 Å². The van der Waals surface area contributed by atoms with Crippen LogP contribution >= 0.6 is 0 Å². The third-order valence-corrected chi connectivity index (χ3v) is 8.23. The fourth-order valence-corrected chi connectivity index (χ4v) is 6.14. The lowest BCUT2D eigenvalue weighted by molar-refractivity contribution is 1.41. The van der Waals surface area contributed by atoms with Crippen molar-refractivity contribution in [3.05, 3.63) is 151 Å². The second-order valence-corrected chi connectivity index (χ2v) is 10.7.